The molecule has 0 unspecified atom stereocenters. The van der Waals surface area contributed by atoms with Crippen LogP contribution in [-0.4, -0.2) is 12.5 Å². The van der Waals surface area contributed by atoms with Crippen molar-refractivity contribution in [1.82, 2.24) is 5.43 Å². The van der Waals surface area contributed by atoms with Gasteiger partial charge in [0.15, 0.2) is 0 Å². The molecule has 3 heteroatoms. The van der Waals surface area contributed by atoms with Gasteiger partial charge in [0.25, 0.3) is 0 Å². The van der Waals surface area contributed by atoms with Gasteiger partial charge in [-0.2, -0.15) is 0 Å². The lowest BCUT2D eigenvalue weighted by Gasteiger charge is -2.35. The molecule has 3 nitrogen and oxygen atoms in total. The number of carbonyl (C=O) groups is 1. The highest BCUT2D eigenvalue weighted by Crippen LogP contribution is 2.30. The molecule has 1 N–H and O–H groups in total. The van der Waals surface area contributed by atoms with Gasteiger partial charge >= 0.3 is 0 Å². The van der Waals surface area contributed by atoms with Crippen molar-refractivity contribution in [3.05, 3.63) is 35.4 Å². The summed E-state index contributed by atoms with van der Waals surface area (Å²) in [6, 6.07) is 8.09. The third-order valence-corrected chi connectivity index (χ3v) is 2.60. The van der Waals surface area contributed by atoms with Crippen LogP contribution in [0.25, 0.3) is 6.08 Å². The molecular weight excluding hydrogens is 176 g/mol. The van der Waals surface area contributed by atoms with Crippen molar-refractivity contribution in [3.63, 3.8) is 0 Å². The van der Waals surface area contributed by atoms with Crippen LogP contribution in [-0.2, 0) is 4.79 Å². The van der Waals surface area contributed by atoms with Crippen molar-refractivity contribution >= 4 is 17.7 Å². The molecule has 14 heavy (non-hydrogen) atoms. The fourth-order valence-electron chi connectivity index (χ4n) is 2.01. The van der Waals surface area contributed by atoms with Crippen LogP contribution in [0.2, 0.25) is 0 Å². The van der Waals surface area contributed by atoms with Gasteiger partial charge in [-0.3, -0.25) is 15.2 Å². The maximum absolute atomic E-state index is 11.3. The summed E-state index contributed by atoms with van der Waals surface area (Å²) in [6.07, 6.45) is 2.65. The molecule has 2 heterocycles. The predicted molar refractivity (Wildman–Crippen MR) is 54.5 cm³/mol. The van der Waals surface area contributed by atoms with Crippen LogP contribution in [0.15, 0.2) is 29.8 Å². The quantitative estimate of drug-likeness (QED) is 0.662. The fraction of sp³-hybridized carbons (Fsp3) is 0.182. The number of fused-ring (bicyclic) bond motifs is 4. The number of amides is 1. The van der Waals surface area contributed by atoms with Gasteiger partial charge < -0.3 is 0 Å². The van der Waals surface area contributed by atoms with Crippen LogP contribution in [0.1, 0.15) is 12.0 Å². The third kappa shape index (κ3) is 1.02. The van der Waals surface area contributed by atoms with E-state index >= 15 is 0 Å². The van der Waals surface area contributed by atoms with E-state index in [9.17, 15) is 4.79 Å². The molecule has 0 aliphatic carbocycles. The number of anilines is 1. The molecule has 0 radical (unpaired) electrons. The molecule has 1 aromatic rings. The molecule has 0 spiro atoms. The summed E-state index contributed by atoms with van der Waals surface area (Å²) >= 11 is 0. The van der Waals surface area contributed by atoms with E-state index in [0.29, 0.717) is 6.42 Å². The smallest absolute Gasteiger partial charge is 0.242 e. The number of benzene rings is 1. The molecule has 2 aliphatic heterocycles. The molecule has 1 fully saturated rings. The fourth-order valence-corrected chi connectivity index (χ4v) is 2.01. The second-order valence-corrected chi connectivity index (χ2v) is 3.66. The number of nitrogens with zero attached hydrogens (tertiary/aromatic N) is 1. The van der Waals surface area contributed by atoms with Crippen LogP contribution in [0.5, 0.6) is 0 Å². The molecule has 0 aromatic heterocycles. The zero-order valence-electron chi connectivity index (χ0n) is 7.66. The van der Waals surface area contributed by atoms with Gasteiger partial charge in [0.05, 0.1) is 18.7 Å². The van der Waals surface area contributed by atoms with Crippen molar-refractivity contribution in [3.8, 4) is 0 Å². The lowest BCUT2D eigenvalue weighted by atomic mass is 10.00. The number of rotatable bonds is 0. The Labute approximate surface area is 82.0 Å². The van der Waals surface area contributed by atoms with Gasteiger partial charge in [-0.05, 0) is 17.2 Å². The third-order valence-electron chi connectivity index (χ3n) is 2.60. The van der Waals surface area contributed by atoms with Crippen LogP contribution < -0.4 is 10.4 Å². The number of hydrogen-bond acceptors (Lipinski definition) is 2. The Morgan fingerprint density at radius 3 is 3.07 bits per heavy atom. The molecule has 2 aliphatic rings. The Bertz CT molecular complexity index is 437. The SMILES string of the molecule is O=C1CC2=Cc3ccccc3N(C2)N1. The van der Waals surface area contributed by atoms with Crippen molar-refractivity contribution < 1.29 is 4.79 Å². The summed E-state index contributed by atoms with van der Waals surface area (Å²) < 4.78 is 0. The van der Waals surface area contributed by atoms with Crippen molar-refractivity contribution in [2.45, 2.75) is 6.42 Å². The molecular formula is C11H10N2O. The van der Waals surface area contributed by atoms with Gasteiger partial charge in [-0.15, -0.1) is 0 Å². The van der Waals surface area contributed by atoms with Crippen molar-refractivity contribution in [2.75, 3.05) is 11.6 Å². The second-order valence-electron chi connectivity index (χ2n) is 3.66. The Kier molecular flexibility index (Phi) is 1.42. The van der Waals surface area contributed by atoms with E-state index in [2.05, 4.69) is 17.6 Å². The van der Waals surface area contributed by atoms with Crippen molar-refractivity contribution in [1.29, 1.82) is 0 Å². The summed E-state index contributed by atoms with van der Waals surface area (Å²) in [5.74, 6) is 0.0806. The van der Waals surface area contributed by atoms with E-state index in [1.54, 1.807) is 0 Å². The van der Waals surface area contributed by atoms with Gasteiger partial charge in [0.2, 0.25) is 5.91 Å². The average molecular weight is 186 g/mol. The molecule has 1 aromatic carbocycles. The Morgan fingerprint density at radius 1 is 1.29 bits per heavy atom. The zero-order chi connectivity index (χ0) is 9.54. The van der Waals surface area contributed by atoms with Crippen LogP contribution >= 0.6 is 0 Å². The van der Waals surface area contributed by atoms with E-state index in [0.717, 1.165) is 12.2 Å². The monoisotopic (exact) mass is 186 g/mol. The summed E-state index contributed by atoms with van der Waals surface area (Å²) in [6.45, 7) is 0.822. The largest absolute Gasteiger partial charge is 0.281 e. The molecule has 2 bridgehead atoms. The second kappa shape index (κ2) is 2.61. The average Bonchev–Trinajstić information content (AvgIpc) is 2.17. The first kappa shape index (κ1) is 7.62. The zero-order valence-corrected chi connectivity index (χ0v) is 7.66. The number of carbonyl (C=O) groups excluding carboxylic acids is 1. The summed E-state index contributed by atoms with van der Waals surface area (Å²) in [4.78, 5) is 11.3. The highest BCUT2D eigenvalue weighted by atomic mass is 16.2. The summed E-state index contributed by atoms with van der Waals surface area (Å²) in [5.41, 5.74) is 6.32. The molecule has 0 saturated carbocycles. The maximum atomic E-state index is 11.3. The van der Waals surface area contributed by atoms with Crippen LogP contribution in [0, 0.1) is 0 Å². The van der Waals surface area contributed by atoms with Crippen molar-refractivity contribution in [2.24, 2.45) is 0 Å². The molecule has 1 amide bonds. The topological polar surface area (TPSA) is 32.3 Å². The molecule has 70 valence electrons. The lowest BCUT2D eigenvalue weighted by molar-refractivity contribution is -0.121. The van der Waals surface area contributed by atoms with Gasteiger partial charge in [-0.1, -0.05) is 24.3 Å². The van der Waals surface area contributed by atoms with E-state index in [4.69, 9.17) is 0 Å². The first-order valence-electron chi connectivity index (χ1n) is 4.68. The highest BCUT2D eigenvalue weighted by Gasteiger charge is 2.25. The number of hydrazine groups is 1. The summed E-state index contributed by atoms with van der Waals surface area (Å²) in [5, 5.41) is 1.91. The van der Waals surface area contributed by atoms with E-state index < -0.39 is 0 Å². The molecule has 3 rings (SSSR count). The van der Waals surface area contributed by atoms with Gasteiger partial charge in [-0.25, -0.2) is 0 Å². The van der Waals surface area contributed by atoms with E-state index in [1.165, 1.54) is 11.1 Å². The minimum atomic E-state index is 0.0806. The Morgan fingerprint density at radius 2 is 2.14 bits per heavy atom. The predicted octanol–water partition coefficient (Wildman–Crippen LogP) is 1.32. The van der Waals surface area contributed by atoms with Gasteiger partial charge in [0.1, 0.15) is 0 Å². The normalized spacial score (nSPS) is 18.4. The minimum absolute atomic E-state index is 0.0806. The number of nitrogens with one attached hydrogen (secondary N) is 1. The first-order chi connectivity index (χ1) is 6.83. The first-order valence-corrected chi connectivity index (χ1v) is 4.68. The standard InChI is InChI=1S/C11H10N2O/c14-11-6-8-5-9-3-1-2-4-10(9)13(7-8)12-11/h1-5H,6-7H2,(H,12,14). The molecule has 0 atom stereocenters. The van der Waals surface area contributed by atoms with Gasteiger partial charge in [0, 0.05) is 0 Å². The lowest BCUT2D eigenvalue weighted by Crippen LogP contribution is -2.49. The summed E-state index contributed by atoms with van der Waals surface area (Å²) in [7, 11) is 0. The number of hydrogen-bond donors (Lipinski definition) is 1. The Hall–Kier alpha value is -1.77. The highest BCUT2D eigenvalue weighted by molar-refractivity contribution is 5.88. The maximum Gasteiger partial charge on any atom is 0.242 e. The number of para-hydroxylation sites is 1. The van der Waals surface area contributed by atoms with Crippen LogP contribution in [0.3, 0.4) is 0 Å². The molecule has 1 saturated heterocycles. The minimum Gasteiger partial charge on any atom is -0.281 e. The Balaban J connectivity index is 2.16. The van der Waals surface area contributed by atoms with E-state index in [1.807, 2.05) is 23.2 Å². The van der Waals surface area contributed by atoms with Crippen LogP contribution in [0.4, 0.5) is 5.69 Å². The van der Waals surface area contributed by atoms with E-state index in [-0.39, 0.29) is 5.91 Å².